The van der Waals surface area contributed by atoms with Crippen LogP contribution in [0.5, 0.6) is 5.95 Å². The van der Waals surface area contributed by atoms with Gasteiger partial charge < -0.3 is 9.52 Å². The molecule has 1 N–H and O–H groups in total. The minimum absolute atomic E-state index is 0.230. The molecule has 0 unspecified atom stereocenters. The highest BCUT2D eigenvalue weighted by Crippen LogP contribution is 2.36. The van der Waals surface area contributed by atoms with Crippen molar-refractivity contribution >= 4 is 11.4 Å². The predicted molar refractivity (Wildman–Crippen MR) is 81.2 cm³/mol. The van der Waals surface area contributed by atoms with E-state index >= 15 is 0 Å². The van der Waals surface area contributed by atoms with Crippen molar-refractivity contribution in [1.29, 1.82) is 0 Å². The summed E-state index contributed by atoms with van der Waals surface area (Å²) >= 11 is 0. The first-order chi connectivity index (χ1) is 10.2. The summed E-state index contributed by atoms with van der Waals surface area (Å²) in [5.74, 6) is 0.332. The summed E-state index contributed by atoms with van der Waals surface area (Å²) in [5, 5.41) is 18.0. The molecule has 0 aliphatic carbocycles. The molecule has 0 aliphatic heterocycles. The lowest BCUT2D eigenvalue weighted by molar-refractivity contribution is 0.339. The first-order valence-electron chi connectivity index (χ1n) is 6.59. The minimum atomic E-state index is -0.230. The van der Waals surface area contributed by atoms with Gasteiger partial charge in [0.1, 0.15) is 5.76 Å². The smallest absolute Gasteiger partial charge is 0.311 e. The lowest BCUT2D eigenvalue weighted by atomic mass is 10.2. The zero-order valence-corrected chi connectivity index (χ0v) is 11.5. The highest BCUT2D eigenvalue weighted by molar-refractivity contribution is 5.64. The fourth-order valence-corrected chi connectivity index (χ4v) is 1.97. The van der Waals surface area contributed by atoms with Crippen molar-refractivity contribution in [3.05, 3.63) is 66.2 Å². The topological polar surface area (TPSA) is 58.1 Å². The molecule has 3 rings (SSSR count). The standard InChI is InChI=1S/C17H14N2O2/c1-12-7-5-6-10-14(12)18-19-15-11-16(21-17(15)20)13-8-3-2-4-9-13/h2-11,20H,1H3. The van der Waals surface area contributed by atoms with Crippen LogP contribution in [-0.4, -0.2) is 5.11 Å². The Labute approximate surface area is 122 Å². The van der Waals surface area contributed by atoms with Gasteiger partial charge in [0.2, 0.25) is 0 Å². The Bertz CT molecular complexity index is 776. The maximum atomic E-state index is 9.82. The van der Waals surface area contributed by atoms with Gasteiger partial charge in [-0.2, -0.15) is 5.11 Å². The molecule has 0 radical (unpaired) electrons. The Morgan fingerprint density at radius 1 is 0.857 bits per heavy atom. The van der Waals surface area contributed by atoms with E-state index < -0.39 is 0 Å². The highest BCUT2D eigenvalue weighted by atomic mass is 16.5. The van der Waals surface area contributed by atoms with Crippen molar-refractivity contribution in [3.63, 3.8) is 0 Å². The summed E-state index contributed by atoms with van der Waals surface area (Å²) in [5.41, 5.74) is 2.98. The van der Waals surface area contributed by atoms with E-state index in [0.717, 1.165) is 16.8 Å². The van der Waals surface area contributed by atoms with E-state index in [0.29, 0.717) is 11.4 Å². The molecule has 1 heterocycles. The van der Waals surface area contributed by atoms with Crippen LogP contribution in [0.25, 0.3) is 11.3 Å². The quantitative estimate of drug-likeness (QED) is 0.654. The van der Waals surface area contributed by atoms with Gasteiger partial charge in [-0.15, -0.1) is 5.11 Å². The number of furan rings is 1. The normalized spacial score (nSPS) is 11.1. The third-order valence-electron chi connectivity index (χ3n) is 3.13. The molecule has 104 valence electrons. The van der Waals surface area contributed by atoms with Crippen LogP contribution in [0.1, 0.15) is 5.56 Å². The predicted octanol–water partition coefficient (Wildman–Crippen LogP) is 5.38. The fraction of sp³-hybridized carbons (Fsp3) is 0.0588. The lowest BCUT2D eigenvalue weighted by Gasteiger charge is -1.95. The van der Waals surface area contributed by atoms with Crippen molar-refractivity contribution in [2.45, 2.75) is 6.92 Å². The first-order valence-corrected chi connectivity index (χ1v) is 6.59. The summed E-state index contributed by atoms with van der Waals surface area (Å²) in [4.78, 5) is 0. The van der Waals surface area contributed by atoms with Gasteiger partial charge in [0.05, 0.1) is 5.69 Å². The summed E-state index contributed by atoms with van der Waals surface area (Å²) in [6.45, 7) is 1.96. The van der Waals surface area contributed by atoms with E-state index in [4.69, 9.17) is 4.42 Å². The van der Waals surface area contributed by atoms with Crippen LogP contribution in [0.3, 0.4) is 0 Å². The molecule has 0 aliphatic rings. The fourth-order valence-electron chi connectivity index (χ4n) is 1.97. The number of benzene rings is 2. The third kappa shape index (κ3) is 2.84. The molecular formula is C17H14N2O2. The molecule has 0 spiro atoms. The van der Waals surface area contributed by atoms with E-state index in [2.05, 4.69) is 10.2 Å². The van der Waals surface area contributed by atoms with E-state index in [1.54, 1.807) is 6.07 Å². The van der Waals surface area contributed by atoms with Gasteiger partial charge in [-0.3, -0.25) is 0 Å². The molecule has 0 amide bonds. The van der Waals surface area contributed by atoms with E-state index in [-0.39, 0.29) is 5.95 Å². The molecule has 0 fully saturated rings. The van der Waals surface area contributed by atoms with Crippen LogP contribution in [0.2, 0.25) is 0 Å². The summed E-state index contributed by atoms with van der Waals surface area (Å²) in [6.07, 6.45) is 0. The second kappa shape index (κ2) is 5.63. The van der Waals surface area contributed by atoms with E-state index in [1.807, 2.05) is 61.5 Å². The number of aryl methyl sites for hydroxylation is 1. The van der Waals surface area contributed by atoms with Crippen LogP contribution in [0.15, 0.2) is 75.3 Å². The van der Waals surface area contributed by atoms with Crippen molar-refractivity contribution in [3.8, 4) is 17.3 Å². The minimum Gasteiger partial charge on any atom is -0.479 e. The maximum absolute atomic E-state index is 9.82. The maximum Gasteiger partial charge on any atom is 0.311 e. The Morgan fingerprint density at radius 2 is 1.52 bits per heavy atom. The summed E-state index contributed by atoms with van der Waals surface area (Å²) in [7, 11) is 0. The van der Waals surface area contributed by atoms with E-state index in [9.17, 15) is 5.11 Å². The highest BCUT2D eigenvalue weighted by Gasteiger charge is 2.11. The Morgan fingerprint density at radius 3 is 2.29 bits per heavy atom. The molecule has 4 heteroatoms. The molecule has 0 bridgehead atoms. The Balaban J connectivity index is 1.91. The molecule has 0 saturated heterocycles. The molecule has 1 aromatic heterocycles. The van der Waals surface area contributed by atoms with Crippen molar-refractivity contribution < 1.29 is 9.52 Å². The first kappa shape index (κ1) is 13.1. The van der Waals surface area contributed by atoms with Crippen molar-refractivity contribution in [1.82, 2.24) is 0 Å². The van der Waals surface area contributed by atoms with Crippen molar-refractivity contribution in [2.24, 2.45) is 10.2 Å². The SMILES string of the molecule is Cc1ccccc1N=Nc1cc(-c2ccccc2)oc1O. The number of hydrogen-bond acceptors (Lipinski definition) is 4. The molecule has 3 aromatic rings. The zero-order chi connectivity index (χ0) is 14.7. The number of rotatable bonds is 3. The number of nitrogens with zero attached hydrogens (tertiary/aromatic N) is 2. The van der Waals surface area contributed by atoms with Gasteiger partial charge in [-0.1, -0.05) is 48.5 Å². The monoisotopic (exact) mass is 278 g/mol. The largest absolute Gasteiger partial charge is 0.479 e. The average molecular weight is 278 g/mol. The Kier molecular flexibility index (Phi) is 3.51. The molecule has 2 aromatic carbocycles. The summed E-state index contributed by atoms with van der Waals surface area (Å²) < 4.78 is 5.32. The van der Waals surface area contributed by atoms with Gasteiger partial charge in [-0.05, 0) is 18.6 Å². The average Bonchev–Trinajstić information content (AvgIpc) is 2.89. The zero-order valence-electron chi connectivity index (χ0n) is 11.5. The summed E-state index contributed by atoms with van der Waals surface area (Å²) in [6, 6.07) is 18.9. The van der Waals surface area contributed by atoms with E-state index in [1.165, 1.54) is 0 Å². The Hall–Kier alpha value is -2.88. The second-order valence-electron chi connectivity index (χ2n) is 4.65. The van der Waals surface area contributed by atoms with Crippen LogP contribution >= 0.6 is 0 Å². The number of hydrogen-bond donors (Lipinski definition) is 1. The van der Waals surface area contributed by atoms with Crippen LogP contribution in [-0.2, 0) is 0 Å². The molecule has 4 nitrogen and oxygen atoms in total. The molecular weight excluding hydrogens is 264 g/mol. The second-order valence-corrected chi connectivity index (χ2v) is 4.65. The van der Waals surface area contributed by atoms with Crippen molar-refractivity contribution in [2.75, 3.05) is 0 Å². The number of aromatic hydroxyl groups is 1. The molecule has 0 atom stereocenters. The third-order valence-corrected chi connectivity index (χ3v) is 3.13. The molecule has 0 saturated carbocycles. The van der Waals surface area contributed by atoms with Gasteiger partial charge in [0, 0.05) is 11.6 Å². The van der Waals surface area contributed by atoms with Gasteiger partial charge in [0.15, 0.2) is 5.69 Å². The van der Waals surface area contributed by atoms with Crippen LogP contribution < -0.4 is 0 Å². The van der Waals surface area contributed by atoms with Gasteiger partial charge >= 0.3 is 5.95 Å². The van der Waals surface area contributed by atoms with Crippen LogP contribution in [0.4, 0.5) is 11.4 Å². The lowest BCUT2D eigenvalue weighted by Crippen LogP contribution is -1.70. The molecule has 21 heavy (non-hydrogen) atoms. The number of azo groups is 1. The van der Waals surface area contributed by atoms with Crippen LogP contribution in [0, 0.1) is 6.92 Å². The van der Waals surface area contributed by atoms with Gasteiger partial charge in [-0.25, -0.2) is 0 Å². The van der Waals surface area contributed by atoms with Gasteiger partial charge in [0.25, 0.3) is 0 Å².